The molecule has 2 nitrogen and oxygen atoms in total. The van der Waals surface area contributed by atoms with E-state index < -0.39 is 0 Å². The highest BCUT2D eigenvalue weighted by Gasteiger charge is 2.29. The van der Waals surface area contributed by atoms with E-state index in [-0.39, 0.29) is 0 Å². The van der Waals surface area contributed by atoms with Crippen LogP contribution in [-0.2, 0) is 0 Å². The van der Waals surface area contributed by atoms with Crippen LogP contribution >= 0.6 is 0 Å². The molecule has 0 aromatic heterocycles. The lowest BCUT2D eigenvalue weighted by atomic mass is 9.83. The summed E-state index contributed by atoms with van der Waals surface area (Å²) in [5.74, 6) is 2.70. The minimum atomic E-state index is 0.851. The fourth-order valence-corrected chi connectivity index (χ4v) is 3.40. The first-order chi connectivity index (χ1) is 7.68. The van der Waals surface area contributed by atoms with E-state index in [9.17, 15) is 0 Å². The van der Waals surface area contributed by atoms with Gasteiger partial charge in [-0.1, -0.05) is 26.7 Å². The van der Waals surface area contributed by atoms with Crippen LogP contribution in [0.25, 0.3) is 0 Å². The molecule has 0 aromatic carbocycles. The zero-order valence-corrected chi connectivity index (χ0v) is 11.2. The van der Waals surface area contributed by atoms with Crippen LogP contribution in [0.5, 0.6) is 0 Å². The topological polar surface area (TPSA) is 15.3 Å². The van der Waals surface area contributed by atoms with Crippen molar-refractivity contribution in [3.05, 3.63) is 0 Å². The largest absolute Gasteiger partial charge is 0.316 e. The smallest absolute Gasteiger partial charge is 0.0118 e. The average Bonchev–Trinajstić information content (AvgIpc) is 2.15. The molecule has 2 aliphatic rings. The zero-order valence-electron chi connectivity index (χ0n) is 11.2. The quantitative estimate of drug-likeness (QED) is 0.788. The van der Waals surface area contributed by atoms with Gasteiger partial charge in [-0.2, -0.15) is 0 Å². The predicted molar refractivity (Wildman–Crippen MR) is 69.6 cm³/mol. The van der Waals surface area contributed by atoms with Crippen molar-refractivity contribution in [1.29, 1.82) is 0 Å². The van der Waals surface area contributed by atoms with Crippen LogP contribution in [0, 0.1) is 17.8 Å². The van der Waals surface area contributed by atoms with Gasteiger partial charge in [-0.15, -0.1) is 0 Å². The molecule has 3 atom stereocenters. The number of rotatable bonds is 4. The second kappa shape index (κ2) is 5.50. The Balaban J connectivity index is 1.78. The highest BCUT2D eigenvalue weighted by Crippen LogP contribution is 2.28. The van der Waals surface area contributed by atoms with Gasteiger partial charge in [0.15, 0.2) is 0 Å². The van der Waals surface area contributed by atoms with Crippen molar-refractivity contribution in [2.24, 2.45) is 17.8 Å². The van der Waals surface area contributed by atoms with Crippen LogP contribution in [0.1, 0.15) is 39.5 Å². The normalized spacial score (nSPS) is 33.8. The fourth-order valence-electron chi connectivity index (χ4n) is 3.40. The van der Waals surface area contributed by atoms with Crippen molar-refractivity contribution in [3.8, 4) is 0 Å². The van der Waals surface area contributed by atoms with E-state index in [1.54, 1.807) is 0 Å². The van der Waals surface area contributed by atoms with E-state index in [0.717, 1.165) is 23.8 Å². The van der Waals surface area contributed by atoms with Crippen molar-refractivity contribution >= 4 is 0 Å². The molecule has 0 bridgehead atoms. The third-order valence-electron chi connectivity index (χ3n) is 4.83. The predicted octanol–water partition coefficient (Wildman–Crippen LogP) is 2.35. The molecule has 0 aromatic rings. The minimum Gasteiger partial charge on any atom is -0.316 e. The van der Waals surface area contributed by atoms with Crippen LogP contribution in [-0.4, -0.2) is 37.6 Å². The lowest BCUT2D eigenvalue weighted by Gasteiger charge is -2.40. The maximum Gasteiger partial charge on any atom is 0.0118 e. The summed E-state index contributed by atoms with van der Waals surface area (Å²) in [5, 5.41) is 3.39. The number of nitrogens with one attached hydrogen (secondary N) is 1. The summed E-state index contributed by atoms with van der Waals surface area (Å²) in [6.07, 6.45) is 5.76. The molecule has 3 unspecified atom stereocenters. The van der Waals surface area contributed by atoms with Gasteiger partial charge >= 0.3 is 0 Å². The molecule has 0 spiro atoms. The highest BCUT2D eigenvalue weighted by molar-refractivity contribution is 4.84. The Morgan fingerprint density at radius 2 is 1.94 bits per heavy atom. The Hall–Kier alpha value is -0.0800. The summed E-state index contributed by atoms with van der Waals surface area (Å²) in [4.78, 5) is 2.65. The van der Waals surface area contributed by atoms with Crippen LogP contribution in [0.2, 0.25) is 0 Å². The van der Waals surface area contributed by atoms with Crippen LogP contribution in [0.3, 0.4) is 0 Å². The molecule has 1 N–H and O–H groups in total. The van der Waals surface area contributed by atoms with E-state index in [1.165, 1.54) is 45.3 Å². The molecule has 2 rings (SSSR count). The Morgan fingerprint density at radius 3 is 2.50 bits per heavy atom. The van der Waals surface area contributed by atoms with Gasteiger partial charge in [0.2, 0.25) is 0 Å². The molecule has 1 heterocycles. The van der Waals surface area contributed by atoms with Gasteiger partial charge in [0.25, 0.3) is 0 Å². The van der Waals surface area contributed by atoms with Crippen molar-refractivity contribution in [2.75, 3.05) is 26.7 Å². The summed E-state index contributed by atoms with van der Waals surface area (Å²) < 4.78 is 0. The minimum absolute atomic E-state index is 0.851. The first-order valence-corrected chi connectivity index (χ1v) is 7.09. The Labute approximate surface area is 101 Å². The van der Waals surface area contributed by atoms with Gasteiger partial charge in [0.1, 0.15) is 0 Å². The molecule has 0 radical (unpaired) electrons. The lowest BCUT2D eigenvalue weighted by Crippen LogP contribution is -2.49. The van der Waals surface area contributed by atoms with E-state index in [2.05, 4.69) is 31.1 Å². The summed E-state index contributed by atoms with van der Waals surface area (Å²) in [5.41, 5.74) is 0. The van der Waals surface area contributed by atoms with Crippen molar-refractivity contribution < 1.29 is 0 Å². The molecule has 1 saturated carbocycles. The molecule has 1 aliphatic carbocycles. The molecule has 2 heteroatoms. The van der Waals surface area contributed by atoms with E-state index in [4.69, 9.17) is 0 Å². The summed E-state index contributed by atoms with van der Waals surface area (Å²) >= 11 is 0. The molecule has 2 fully saturated rings. The van der Waals surface area contributed by atoms with E-state index >= 15 is 0 Å². The number of hydrogen-bond acceptors (Lipinski definition) is 2. The lowest BCUT2D eigenvalue weighted by molar-refractivity contribution is 0.100. The highest BCUT2D eigenvalue weighted by atomic mass is 15.1. The Bertz CT molecular complexity index is 213. The molecule has 0 amide bonds. The zero-order chi connectivity index (χ0) is 11.5. The molecule has 1 aliphatic heterocycles. The SMILES string of the molecule is CC(CN(C)C1CCCCC1C)C1CNC1. The first kappa shape index (κ1) is 12.4. The second-order valence-electron chi connectivity index (χ2n) is 6.16. The summed E-state index contributed by atoms with van der Waals surface area (Å²) in [6, 6.07) is 0.851. The third-order valence-corrected chi connectivity index (χ3v) is 4.83. The van der Waals surface area contributed by atoms with Crippen LogP contribution in [0.15, 0.2) is 0 Å². The van der Waals surface area contributed by atoms with Crippen LogP contribution in [0.4, 0.5) is 0 Å². The standard InChI is InChI=1S/C14H28N2/c1-11-6-4-5-7-14(11)16(3)10-12(2)13-8-15-9-13/h11-15H,4-10H2,1-3H3. The van der Waals surface area contributed by atoms with Gasteiger partial charge in [-0.25, -0.2) is 0 Å². The van der Waals surface area contributed by atoms with Gasteiger partial charge in [-0.3, -0.25) is 0 Å². The Kier molecular flexibility index (Phi) is 4.26. The van der Waals surface area contributed by atoms with Gasteiger partial charge < -0.3 is 10.2 Å². The number of nitrogens with zero attached hydrogens (tertiary/aromatic N) is 1. The second-order valence-corrected chi connectivity index (χ2v) is 6.16. The van der Waals surface area contributed by atoms with Crippen molar-refractivity contribution in [1.82, 2.24) is 10.2 Å². The monoisotopic (exact) mass is 224 g/mol. The van der Waals surface area contributed by atoms with Crippen molar-refractivity contribution in [3.63, 3.8) is 0 Å². The molecular weight excluding hydrogens is 196 g/mol. The summed E-state index contributed by atoms with van der Waals surface area (Å²) in [7, 11) is 2.34. The van der Waals surface area contributed by atoms with E-state index in [0.29, 0.717) is 0 Å². The maximum absolute atomic E-state index is 3.39. The van der Waals surface area contributed by atoms with Gasteiger partial charge in [0.05, 0.1) is 0 Å². The maximum atomic E-state index is 3.39. The van der Waals surface area contributed by atoms with Crippen LogP contribution < -0.4 is 5.32 Å². The third kappa shape index (κ3) is 2.78. The Morgan fingerprint density at radius 1 is 1.25 bits per heavy atom. The average molecular weight is 224 g/mol. The fraction of sp³-hybridized carbons (Fsp3) is 1.00. The molecule has 94 valence electrons. The number of hydrogen-bond donors (Lipinski definition) is 1. The molecule has 16 heavy (non-hydrogen) atoms. The van der Waals surface area contributed by atoms with Gasteiger partial charge in [-0.05, 0) is 50.7 Å². The molecule has 1 saturated heterocycles. The first-order valence-electron chi connectivity index (χ1n) is 7.09. The van der Waals surface area contributed by atoms with E-state index in [1.807, 2.05) is 0 Å². The van der Waals surface area contributed by atoms with Crippen molar-refractivity contribution in [2.45, 2.75) is 45.6 Å². The van der Waals surface area contributed by atoms with Gasteiger partial charge in [0, 0.05) is 12.6 Å². The summed E-state index contributed by atoms with van der Waals surface area (Å²) in [6.45, 7) is 8.65. The molecular formula is C14H28N2.